The summed E-state index contributed by atoms with van der Waals surface area (Å²) in [5.41, 5.74) is 0. The van der Waals surface area contributed by atoms with Gasteiger partial charge >= 0.3 is 66.0 Å². The van der Waals surface area contributed by atoms with Gasteiger partial charge in [0.2, 0.25) is 0 Å². The summed E-state index contributed by atoms with van der Waals surface area (Å²) >= 11 is 0.569. The van der Waals surface area contributed by atoms with Crippen molar-refractivity contribution in [2.45, 2.75) is 0 Å². The van der Waals surface area contributed by atoms with Crippen molar-refractivity contribution >= 4 is 47.2 Å². The van der Waals surface area contributed by atoms with E-state index in [1.54, 1.807) is 0 Å². The summed E-state index contributed by atoms with van der Waals surface area (Å²) in [6, 6.07) is 0. The monoisotopic (exact) mass is 462 g/mol. The van der Waals surface area contributed by atoms with E-state index in [0.717, 1.165) is 0 Å². The molecule has 0 aromatic heterocycles. The maximum atomic E-state index is 8.88. The maximum Gasteiger partial charge on any atom is 2.00 e. The molecule has 18 heavy (non-hydrogen) atoms. The van der Waals surface area contributed by atoms with E-state index in [1.807, 2.05) is 0 Å². The summed E-state index contributed by atoms with van der Waals surface area (Å²) < 4.78 is 43.0. The molecular formula is H6Cl2Ni2O11P2S. The summed E-state index contributed by atoms with van der Waals surface area (Å²) in [4.78, 5) is 43.3. The number of hydrogen-bond acceptors (Lipinski definition) is 8. The minimum absolute atomic E-state index is 0. The smallest absolute Gasteiger partial charge is 2.00 e. The Labute approximate surface area is 127 Å². The molecule has 0 fully saturated rings. The van der Waals surface area contributed by atoms with Gasteiger partial charge in [-0.3, -0.25) is 8.42 Å². The van der Waals surface area contributed by atoms with Crippen LogP contribution in [0.3, 0.4) is 0 Å². The van der Waals surface area contributed by atoms with E-state index >= 15 is 0 Å². The van der Waals surface area contributed by atoms with Gasteiger partial charge in [-0.1, -0.05) is 0 Å². The van der Waals surface area contributed by atoms with Crippen molar-refractivity contribution in [1.29, 1.82) is 0 Å². The Morgan fingerprint density at radius 2 is 1.06 bits per heavy atom. The molecule has 0 aromatic carbocycles. The quantitative estimate of drug-likeness (QED) is 0.103. The Morgan fingerprint density at radius 1 is 1.06 bits per heavy atom. The first-order valence-corrected chi connectivity index (χ1v) is 9.10. The first-order valence-electron chi connectivity index (χ1n) is 2.29. The molecule has 18 heteroatoms. The van der Waals surface area contributed by atoms with Gasteiger partial charge in [0.25, 0.3) is 0 Å². The van der Waals surface area contributed by atoms with Crippen LogP contribution in [0.25, 0.3) is 0 Å². The number of rotatable bonds is 0. The zero-order chi connectivity index (χ0) is 15.3. The predicted octanol–water partition coefficient (Wildman–Crippen LogP) is -1.70. The van der Waals surface area contributed by atoms with Crippen LogP contribution in [-0.4, -0.2) is 46.9 Å². The summed E-state index contributed by atoms with van der Waals surface area (Å²) in [5, 5.41) is 0. The Morgan fingerprint density at radius 3 is 1.06 bits per heavy atom. The Bertz CT molecular complexity index is 254. The van der Waals surface area contributed by atoms with Crippen molar-refractivity contribution < 1.29 is 80.6 Å². The van der Waals surface area contributed by atoms with E-state index in [0.29, 0.717) is 12.7 Å². The van der Waals surface area contributed by atoms with Gasteiger partial charge < -0.3 is 38.5 Å². The average Bonchev–Trinajstić information content (AvgIpc) is 1.74. The Hall–Kier alpha value is 1.86. The van der Waals surface area contributed by atoms with Crippen LogP contribution in [0.15, 0.2) is 0 Å². The summed E-state index contributed by atoms with van der Waals surface area (Å²) in [6.07, 6.45) is 0. The molecule has 6 N–H and O–H groups in total. The zero-order valence-electron chi connectivity index (χ0n) is 7.42. The van der Waals surface area contributed by atoms with Crippen molar-refractivity contribution in [1.82, 2.24) is 0 Å². The van der Waals surface area contributed by atoms with E-state index in [1.165, 1.54) is 0 Å². The SMILES string of the molecule is O=P(O)(O)O.O=S(=O)([O-])[O-].OP(O)O.[Cl][Ni][Cl].[Ni+2]. The largest absolute Gasteiger partial charge is 2.00 e. The van der Waals surface area contributed by atoms with Crippen LogP contribution in [0.5, 0.6) is 0 Å². The number of halogens is 2. The predicted molar refractivity (Wildman–Crippen MR) is 50.0 cm³/mol. The third kappa shape index (κ3) is 1470. The molecule has 0 amide bonds. The zero-order valence-corrected chi connectivity index (χ0v) is 13.5. The van der Waals surface area contributed by atoms with Gasteiger partial charge in [-0.2, -0.15) is 0 Å². The van der Waals surface area contributed by atoms with Crippen molar-refractivity contribution in [3.63, 3.8) is 0 Å². The molecule has 0 aliphatic carbocycles. The topological polar surface area (TPSA) is 219 Å². The van der Waals surface area contributed by atoms with E-state index in [9.17, 15) is 0 Å². The molecule has 0 spiro atoms. The molecule has 0 rings (SSSR count). The maximum absolute atomic E-state index is 8.88. The van der Waals surface area contributed by atoms with E-state index < -0.39 is 26.8 Å². The van der Waals surface area contributed by atoms with Gasteiger partial charge in [0.15, 0.2) is 0 Å². The molecule has 0 aliphatic rings. The van der Waals surface area contributed by atoms with Gasteiger partial charge in [-0.25, -0.2) is 4.57 Å². The fourth-order valence-electron chi connectivity index (χ4n) is 0. The molecule has 0 aromatic rings. The van der Waals surface area contributed by atoms with Crippen molar-refractivity contribution in [3.8, 4) is 0 Å². The molecule has 122 valence electrons. The normalized spacial score (nSPS) is 9.72. The first kappa shape index (κ1) is 32.0. The molecule has 0 heterocycles. The second-order valence-corrected chi connectivity index (χ2v) is 5.25. The molecule has 0 atom stereocenters. The third-order valence-corrected chi connectivity index (χ3v) is 0. The van der Waals surface area contributed by atoms with Crippen molar-refractivity contribution in [2.24, 2.45) is 0 Å². The van der Waals surface area contributed by atoms with Crippen LogP contribution in [0.1, 0.15) is 0 Å². The first-order chi connectivity index (χ1) is 7.15. The average molecular weight is 464 g/mol. The standard InChI is InChI=1S/2ClH.2Ni.H3O4P.H2O4S.H3O3P/c;;;;2*1-5(2,3)4;1-4(2)3/h2*1H;;;(H3,1,2,3,4);(H2,1,2,3,4);1-3H/q;;2*+2;;;/p-4. The number of hydrogen-bond donors (Lipinski definition) is 6. The van der Waals surface area contributed by atoms with Crippen LogP contribution in [-0.2, 0) is 44.1 Å². The molecule has 11 nitrogen and oxygen atoms in total. The Kier molecular flexibility index (Phi) is 33.5. The van der Waals surface area contributed by atoms with Crippen molar-refractivity contribution in [2.75, 3.05) is 0 Å². The van der Waals surface area contributed by atoms with Crippen LogP contribution < -0.4 is 0 Å². The molecule has 0 bridgehead atoms. The van der Waals surface area contributed by atoms with Crippen LogP contribution in [0, 0.1) is 0 Å². The molecule has 0 saturated heterocycles. The van der Waals surface area contributed by atoms with Crippen LogP contribution in [0.4, 0.5) is 0 Å². The second-order valence-electron chi connectivity index (χ2n) is 1.24. The number of phosphoric acid groups is 1. The molecule has 0 aliphatic heterocycles. The minimum Gasteiger partial charge on any atom is 2.00 e. The van der Waals surface area contributed by atoms with Gasteiger partial charge in [0.05, 0.1) is 0 Å². The summed E-state index contributed by atoms with van der Waals surface area (Å²) in [6.45, 7) is 0. The van der Waals surface area contributed by atoms with Gasteiger partial charge in [-0.05, 0) is 0 Å². The van der Waals surface area contributed by atoms with Crippen LogP contribution in [0.2, 0.25) is 0 Å². The minimum atomic E-state index is -5.17. The summed E-state index contributed by atoms with van der Waals surface area (Å²) in [5.74, 6) is 0. The fraction of sp³-hybridized carbons (Fsp3) is 0. The van der Waals surface area contributed by atoms with Crippen molar-refractivity contribution in [3.05, 3.63) is 0 Å². The van der Waals surface area contributed by atoms with Gasteiger partial charge in [0, 0.05) is 10.4 Å². The molecule has 0 saturated carbocycles. The summed E-state index contributed by atoms with van der Waals surface area (Å²) in [7, 11) is -3.02. The molecule has 0 unspecified atom stereocenters. The van der Waals surface area contributed by atoms with E-state index in [2.05, 4.69) is 0 Å². The molecule has 0 radical (unpaired) electrons. The van der Waals surface area contributed by atoms with E-state index in [4.69, 9.17) is 71.8 Å². The second kappa shape index (κ2) is 18.9. The van der Waals surface area contributed by atoms with Crippen LogP contribution >= 0.6 is 36.8 Å². The van der Waals surface area contributed by atoms with Gasteiger partial charge in [-0.15, -0.1) is 0 Å². The molecular weight excluding hydrogens is 458 g/mol. The van der Waals surface area contributed by atoms with E-state index in [-0.39, 0.29) is 16.5 Å². The fourth-order valence-corrected chi connectivity index (χ4v) is 0. The third-order valence-electron chi connectivity index (χ3n) is 0. The van der Waals surface area contributed by atoms with Gasteiger partial charge in [0.1, 0.15) is 0 Å². The Balaban J connectivity index is -0.0000000417.